The summed E-state index contributed by atoms with van der Waals surface area (Å²) in [6.45, 7) is 16.9. The van der Waals surface area contributed by atoms with Crippen molar-refractivity contribution in [2.75, 3.05) is 6.54 Å². The van der Waals surface area contributed by atoms with Gasteiger partial charge in [-0.25, -0.2) is 0 Å². The van der Waals surface area contributed by atoms with Gasteiger partial charge in [0, 0.05) is 6.54 Å². The molecule has 0 aliphatic carbocycles. The molecular formula is C20H31NO. The molecule has 0 spiro atoms. The third-order valence-electron chi connectivity index (χ3n) is 4.86. The molecule has 1 N–H and O–H groups in total. The lowest BCUT2D eigenvalue weighted by molar-refractivity contribution is 0.128. The average Bonchev–Trinajstić information content (AvgIpc) is 2.41. The molecule has 1 saturated heterocycles. The van der Waals surface area contributed by atoms with Crippen molar-refractivity contribution in [3.05, 3.63) is 46.7 Å². The first-order valence-electron chi connectivity index (χ1n) is 8.42. The van der Waals surface area contributed by atoms with Crippen LogP contribution in [0.15, 0.2) is 24.5 Å². The van der Waals surface area contributed by atoms with Crippen LogP contribution < -0.4 is 0 Å². The molecule has 2 rings (SSSR count). The minimum absolute atomic E-state index is 0.121. The minimum atomic E-state index is 0.121. The van der Waals surface area contributed by atoms with Crippen molar-refractivity contribution >= 4 is 0 Å². The number of nitrogens with zero attached hydrogens (tertiary/aromatic N) is 1. The molecule has 0 saturated carbocycles. The number of rotatable bonds is 3. The Bertz CT molecular complexity index is 554. The maximum atomic E-state index is 9.86. The molecule has 1 heterocycles. The lowest BCUT2D eigenvalue weighted by Crippen LogP contribution is -2.40. The lowest BCUT2D eigenvalue weighted by atomic mass is 9.82. The first-order chi connectivity index (χ1) is 10.2. The van der Waals surface area contributed by atoms with Crippen LogP contribution in [-0.4, -0.2) is 22.6 Å². The fourth-order valence-corrected chi connectivity index (χ4v) is 3.63. The third-order valence-corrected chi connectivity index (χ3v) is 4.86. The van der Waals surface area contributed by atoms with Crippen LogP contribution in [-0.2, 0) is 12.0 Å². The smallest absolute Gasteiger partial charge is 0.102 e. The van der Waals surface area contributed by atoms with E-state index >= 15 is 0 Å². The van der Waals surface area contributed by atoms with Gasteiger partial charge in [0.15, 0.2) is 0 Å². The zero-order valence-corrected chi connectivity index (χ0v) is 14.9. The van der Waals surface area contributed by atoms with Crippen molar-refractivity contribution < 1.29 is 5.11 Å². The molecule has 2 heteroatoms. The highest BCUT2D eigenvalue weighted by Gasteiger charge is 2.25. The van der Waals surface area contributed by atoms with Gasteiger partial charge in [-0.3, -0.25) is 4.90 Å². The van der Waals surface area contributed by atoms with Crippen LogP contribution in [0.3, 0.4) is 0 Å². The van der Waals surface area contributed by atoms with E-state index in [1.165, 1.54) is 35.1 Å². The summed E-state index contributed by atoms with van der Waals surface area (Å²) < 4.78 is 0. The van der Waals surface area contributed by atoms with Crippen LogP contribution in [0.1, 0.15) is 62.3 Å². The van der Waals surface area contributed by atoms with Crippen LogP contribution in [0.2, 0.25) is 0 Å². The molecule has 2 nitrogen and oxygen atoms in total. The minimum Gasteiger partial charge on any atom is -0.511 e. The Morgan fingerprint density at radius 1 is 1.23 bits per heavy atom. The number of piperidine rings is 1. The fraction of sp³-hybridized carbons (Fsp3) is 0.600. The van der Waals surface area contributed by atoms with Gasteiger partial charge < -0.3 is 5.11 Å². The predicted octanol–water partition coefficient (Wildman–Crippen LogP) is 5.03. The molecule has 1 aliphatic rings. The molecule has 1 fully saturated rings. The van der Waals surface area contributed by atoms with Gasteiger partial charge in [0.2, 0.25) is 0 Å². The van der Waals surface area contributed by atoms with E-state index in [-0.39, 0.29) is 11.5 Å². The summed E-state index contributed by atoms with van der Waals surface area (Å²) in [7, 11) is 0. The third kappa shape index (κ3) is 3.73. The van der Waals surface area contributed by atoms with Crippen molar-refractivity contribution in [2.24, 2.45) is 0 Å². The van der Waals surface area contributed by atoms with Crippen LogP contribution in [0, 0.1) is 13.8 Å². The topological polar surface area (TPSA) is 23.5 Å². The monoisotopic (exact) mass is 301 g/mol. The Labute approximate surface area is 135 Å². The quantitative estimate of drug-likeness (QED) is 0.792. The van der Waals surface area contributed by atoms with E-state index in [1.807, 2.05) is 0 Å². The summed E-state index contributed by atoms with van der Waals surface area (Å²) >= 11 is 0. The van der Waals surface area contributed by atoms with Gasteiger partial charge in [0.25, 0.3) is 0 Å². The number of aliphatic hydroxyl groups is 1. The van der Waals surface area contributed by atoms with E-state index in [0.717, 1.165) is 19.5 Å². The highest BCUT2D eigenvalue weighted by atomic mass is 16.3. The van der Waals surface area contributed by atoms with Crippen LogP contribution in [0.5, 0.6) is 0 Å². The molecule has 122 valence electrons. The number of benzene rings is 1. The van der Waals surface area contributed by atoms with E-state index in [1.54, 1.807) is 0 Å². The predicted molar refractivity (Wildman–Crippen MR) is 94.4 cm³/mol. The molecular weight excluding hydrogens is 270 g/mol. The van der Waals surface area contributed by atoms with Crippen LogP contribution >= 0.6 is 0 Å². The number of aliphatic hydroxyl groups excluding tert-OH is 1. The molecule has 1 atom stereocenters. The lowest BCUT2D eigenvalue weighted by Gasteiger charge is -2.35. The zero-order valence-electron chi connectivity index (χ0n) is 14.9. The molecule has 22 heavy (non-hydrogen) atoms. The Balaban J connectivity index is 2.26. The molecule has 1 aromatic carbocycles. The molecule has 1 aliphatic heterocycles. The summed E-state index contributed by atoms with van der Waals surface area (Å²) in [5.74, 6) is 0.320. The van der Waals surface area contributed by atoms with Crippen molar-refractivity contribution in [3.63, 3.8) is 0 Å². The van der Waals surface area contributed by atoms with E-state index in [4.69, 9.17) is 0 Å². The van der Waals surface area contributed by atoms with Crippen molar-refractivity contribution in [3.8, 4) is 0 Å². The first-order valence-corrected chi connectivity index (χ1v) is 8.42. The standard InChI is InChI=1S/C20H31NO/c1-14-12-18(20(4,5)6)15(2)11-17(14)13-21-10-8-7-9-19(21)16(3)22/h11-12,19,22H,3,7-10,13H2,1-2,4-6H3/t19-/m0/s1. The molecule has 0 aromatic heterocycles. The van der Waals surface area contributed by atoms with Crippen LogP contribution in [0.4, 0.5) is 0 Å². The number of likely N-dealkylation sites (tertiary alicyclic amines) is 1. The zero-order chi connectivity index (χ0) is 16.5. The van der Waals surface area contributed by atoms with Gasteiger partial charge in [-0.1, -0.05) is 45.9 Å². The Hall–Kier alpha value is -1.28. The summed E-state index contributed by atoms with van der Waals surface area (Å²) in [6, 6.07) is 4.80. The summed E-state index contributed by atoms with van der Waals surface area (Å²) in [4.78, 5) is 2.38. The fourth-order valence-electron chi connectivity index (χ4n) is 3.63. The second kappa shape index (κ2) is 6.45. The SMILES string of the molecule is C=C(O)[C@@H]1CCCCN1Cc1cc(C)c(C(C)(C)C)cc1C. The second-order valence-electron chi connectivity index (χ2n) is 7.82. The van der Waals surface area contributed by atoms with E-state index in [0.29, 0.717) is 5.76 Å². The van der Waals surface area contributed by atoms with E-state index < -0.39 is 0 Å². The first kappa shape index (κ1) is 17.1. The van der Waals surface area contributed by atoms with Crippen molar-refractivity contribution in [1.82, 2.24) is 4.90 Å². The molecule has 0 radical (unpaired) electrons. The summed E-state index contributed by atoms with van der Waals surface area (Å²) in [5, 5.41) is 9.86. The van der Waals surface area contributed by atoms with Gasteiger partial charge in [-0.2, -0.15) is 0 Å². The van der Waals surface area contributed by atoms with Gasteiger partial charge in [-0.05, 0) is 60.9 Å². The Kier molecular flexibility index (Phi) is 5.01. The highest BCUT2D eigenvalue weighted by molar-refractivity contribution is 5.40. The van der Waals surface area contributed by atoms with Gasteiger partial charge >= 0.3 is 0 Å². The Morgan fingerprint density at radius 2 is 1.91 bits per heavy atom. The summed E-state index contributed by atoms with van der Waals surface area (Å²) in [5.41, 5.74) is 5.70. The molecule has 1 aromatic rings. The van der Waals surface area contributed by atoms with Gasteiger partial charge in [0.05, 0.1) is 6.04 Å². The van der Waals surface area contributed by atoms with E-state index in [9.17, 15) is 5.11 Å². The number of hydrogen-bond acceptors (Lipinski definition) is 2. The average molecular weight is 301 g/mol. The number of aryl methyl sites for hydroxylation is 2. The van der Waals surface area contributed by atoms with E-state index in [2.05, 4.69) is 58.2 Å². The van der Waals surface area contributed by atoms with Gasteiger partial charge in [0.1, 0.15) is 5.76 Å². The molecule has 0 unspecified atom stereocenters. The largest absolute Gasteiger partial charge is 0.511 e. The second-order valence-corrected chi connectivity index (χ2v) is 7.82. The maximum Gasteiger partial charge on any atom is 0.102 e. The van der Waals surface area contributed by atoms with Crippen molar-refractivity contribution in [2.45, 2.75) is 71.9 Å². The van der Waals surface area contributed by atoms with Crippen LogP contribution in [0.25, 0.3) is 0 Å². The van der Waals surface area contributed by atoms with Gasteiger partial charge in [-0.15, -0.1) is 0 Å². The summed E-state index contributed by atoms with van der Waals surface area (Å²) in [6.07, 6.45) is 3.41. The molecule has 0 bridgehead atoms. The molecule has 0 amide bonds. The highest BCUT2D eigenvalue weighted by Crippen LogP contribution is 2.30. The normalized spacial score (nSPS) is 20.1. The number of hydrogen-bond donors (Lipinski definition) is 1. The Morgan fingerprint density at radius 3 is 2.50 bits per heavy atom. The maximum absolute atomic E-state index is 9.86. The van der Waals surface area contributed by atoms with Crippen molar-refractivity contribution in [1.29, 1.82) is 0 Å².